The van der Waals surface area contributed by atoms with Gasteiger partial charge >= 0.3 is 15.6 Å². The Morgan fingerprint density at radius 2 is 1.81 bits per heavy atom. The number of aliphatic hydroxyl groups excluding tert-OH is 1. The summed E-state index contributed by atoms with van der Waals surface area (Å²) in [5.41, 5.74) is -1.84. The minimum Gasteiger partial charge on any atom is -0.493 e. The van der Waals surface area contributed by atoms with Crippen LogP contribution in [0.4, 0.5) is 13.2 Å². The van der Waals surface area contributed by atoms with Gasteiger partial charge in [-0.05, 0) is 56.4 Å². The summed E-state index contributed by atoms with van der Waals surface area (Å²) in [4.78, 5) is 14.7. The maximum absolute atomic E-state index is 13.7. The van der Waals surface area contributed by atoms with Gasteiger partial charge in [-0.2, -0.15) is 21.6 Å². The Balaban J connectivity index is 2.13. The van der Waals surface area contributed by atoms with E-state index in [9.17, 15) is 36.6 Å². The molecule has 1 unspecified atom stereocenters. The lowest BCUT2D eigenvalue weighted by atomic mass is 9.72. The first-order valence-corrected chi connectivity index (χ1v) is 16.0. The number of nitrogens with two attached hydrogens (primary N) is 1. The zero-order chi connectivity index (χ0) is 32.2. The van der Waals surface area contributed by atoms with Gasteiger partial charge in [0.1, 0.15) is 11.4 Å². The number of para-hydroxylation sites is 1. The van der Waals surface area contributed by atoms with Crippen molar-refractivity contribution in [3.63, 3.8) is 0 Å². The van der Waals surface area contributed by atoms with E-state index < -0.39 is 57.3 Å². The van der Waals surface area contributed by atoms with Gasteiger partial charge in [-0.25, -0.2) is 4.18 Å². The Hall–Kier alpha value is -1.97. The van der Waals surface area contributed by atoms with Crippen molar-refractivity contribution in [1.82, 2.24) is 4.90 Å². The second kappa shape index (κ2) is 14.0. The van der Waals surface area contributed by atoms with E-state index in [0.717, 1.165) is 4.90 Å². The fourth-order valence-corrected chi connectivity index (χ4v) is 6.48. The highest BCUT2D eigenvalue weighted by Gasteiger charge is 2.56. The van der Waals surface area contributed by atoms with Crippen molar-refractivity contribution < 1.29 is 50.3 Å². The molecular formula is C29H45F3N2O8S. The molecule has 4 N–H and O–H groups in total. The van der Waals surface area contributed by atoms with Gasteiger partial charge in [0.2, 0.25) is 5.91 Å². The minimum absolute atomic E-state index is 0.00209. The highest BCUT2D eigenvalue weighted by atomic mass is 32.2. The summed E-state index contributed by atoms with van der Waals surface area (Å²) in [5, 5.41) is 22.7. The average molecular weight is 639 g/mol. The first-order valence-electron chi connectivity index (χ1n) is 14.6. The molecule has 2 aliphatic rings. The number of rotatable bonds is 12. The molecular weight excluding hydrogens is 593 g/mol. The maximum Gasteiger partial charge on any atom is 0.523 e. The number of alkyl halides is 3. The van der Waals surface area contributed by atoms with Crippen LogP contribution in [0.1, 0.15) is 71.3 Å². The molecule has 1 aliphatic carbocycles. The maximum atomic E-state index is 13.7. The summed E-state index contributed by atoms with van der Waals surface area (Å²) in [6.07, 6.45) is -1.73. The lowest BCUT2D eigenvalue weighted by Crippen LogP contribution is -2.58. The second-order valence-corrected chi connectivity index (χ2v) is 14.3. The van der Waals surface area contributed by atoms with E-state index in [1.165, 1.54) is 7.11 Å². The summed E-state index contributed by atoms with van der Waals surface area (Å²) in [6, 6.07) is 5.86. The Labute approximate surface area is 251 Å². The van der Waals surface area contributed by atoms with Crippen LogP contribution in [0.5, 0.6) is 5.75 Å². The lowest BCUT2D eigenvalue weighted by molar-refractivity contribution is -0.173. The highest BCUT2D eigenvalue weighted by molar-refractivity contribution is 7.87. The summed E-state index contributed by atoms with van der Waals surface area (Å²) in [5.74, 6) is -2.53. The zero-order valence-electron chi connectivity index (χ0n) is 25.2. The molecule has 1 aliphatic heterocycles. The van der Waals surface area contributed by atoms with E-state index in [1.54, 1.807) is 24.3 Å². The lowest BCUT2D eigenvalue weighted by Gasteiger charge is -2.48. The van der Waals surface area contributed by atoms with Crippen LogP contribution in [0.25, 0.3) is 0 Å². The molecule has 10 nitrogen and oxygen atoms in total. The number of carbonyl (C=O) groups is 1. The molecule has 1 aromatic rings. The van der Waals surface area contributed by atoms with Gasteiger partial charge < -0.3 is 30.3 Å². The van der Waals surface area contributed by atoms with Crippen molar-refractivity contribution in [2.45, 2.75) is 95.2 Å². The molecule has 1 amide bonds. The number of amides is 1. The number of aliphatic hydroxyl groups is 2. The Morgan fingerprint density at radius 3 is 2.40 bits per heavy atom. The largest absolute Gasteiger partial charge is 0.523 e. The second-order valence-electron chi connectivity index (χ2n) is 12.8. The van der Waals surface area contributed by atoms with E-state index in [2.05, 4.69) is 0 Å². The molecule has 1 saturated carbocycles. The van der Waals surface area contributed by atoms with Crippen LogP contribution in [0, 0.1) is 17.3 Å². The zero-order valence-corrected chi connectivity index (χ0v) is 26.0. The van der Waals surface area contributed by atoms with Gasteiger partial charge in [0.05, 0.1) is 12.7 Å². The third kappa shape index (κ3) is 8.60. The number of likely N-dealkylation sites (tertiary alicyclic amines) is 1. The molecule has 246 valence electrons. The predicted octanol–water partition coefficient (Wildman–Crippen LogP) is 3.64. The van der Waals surface area contributed by atoms with Crippen molar-refractivity contribution in [3.05, 3.63) is 29.8 Å². The molecule has 0 bridgehead atoms. The van der Waals surface area contributed by atoms with Gasteiger partial charge in [-0.3, -0.25) is 4.79 Å². The molecule has 0 aromatic heterocycles. The van der Waals surface area contributed by atoms with Crippen molar-refractivity contribution in [2.75, 3.05) is 26.9 Å². The molecule has 6 atom stereocenters. The standard InChI is InChI=1S/C29H45F3N2O8S/c1-27(2,3)18-41-24-12-6-5-10-20(24)28(37,13-7-8-15-40-4)21-11-9-14-34(25(36)19-16-22(33)23(35)17-19)26(21)42-43(38,39)29(30,31)32/h5-6,10,12,19,21-23,26,35,37H,7-9,11,13-18,33H2,1-4H3/t19-,21-,22+,23-,26?,28-/m0/s1. The molecule has 43 heavy (non-hydrogen) atoms. The van der Waals surface area contributed by atoms with E-state index in [0.29, 0.717) is 19.4 Å². The predicted molar refractivity (Wildman–Crippen MR) is 152 cm³/mol. The quantitative estimate of drug-likeness (QED) is 0.177. The number of halogens is 3. The number of carbonyl (C=O) groups excluding carboxylic acids is 1. The summed E-state index contributed by atoms with van der Waals surface area (Å²) in [7, 11) is -4.67. The number of nitrogens with zero attached hydrogens (tertiary/aromatic N) is 1. The SMILES string of the molecule is COCCCC[C@](O)(c1ccccc1OCC(C)(C)C)[C@H]1CCCN(C(=O)[C@H]2C[C@@H](N)[C@@H](O)C2)C1OS(=O)(=O)C(F)(F)F. The van der Waals surface area contributed by atoms with Crippen LogP contribution in [0.15, 0.2) is 24.3 Å². The third-order valence-corrected chi connectivity index (χ3v) is 9.08. The number of hydrogen-bond acceptors (Lipinski definition) is 9. The van der Waals surface area contributed by atoms with Gasteiger partial charge in [-0.15, -0.1) is 0 Å². The fourth-order valence-electron chi connectivity index (χ4n) is 5.87. The minimum atomic E-state index is -6.18. The van der Waals surface area contributed by atoms with Crippen LogP contribution in [0.3, 0.4) is 0 Å². The molecule has 1 saturated heterocycles. The topological polar surface area (TPSA) is 149 Å². The summed E-state index contributed by atoms with van der Waals surface area (Å²) < 4.78 is 82.0. The first-order chi connectivity index (χ1) is 19.9. The van der Waals surface area contributed by atoms with Crippen LogP contribution < -0.4 is 10.5 Å². The average Bonchev–Trinajstić information content (AvgIpc) is 3.26. The van der Waals surface area contributed by atoms with Crippen molar-refractivity contribution in [3.8, 4) is 5.75 Å². The Bertz CT molecular complexity index is 1180. The molecule has 0 spiro atoms. The molecule has 3 rings (SSSR count). The molecule has 2 fully saturated rings. The normalized spacial score (nSPS) is 26.7. The van der Waals surface area contributed by atoms with E-state index in [-0.39, 0.29) is 62.0 Å². The number of ether oxygens (including phenoxy) is 2. The summed E-state index contributed by atoms with van der Waals surface area (Å²) in [6.45, 7) is 6.38. The van der Waals surface area contributed by atoms with E-state index in [1.807, 2.05) is 20.8 Å². The van der Waals surface area contributed by atoms with Gasteiger partial charge in [0, 0.05) is 43.7 Å². The number of methoxy groups -OCH3 is 1. The van der Waals surface area contributed by atoms with Crippen LogP contribution in [0.2, 0.25) is 0 Å². The van der Waals surface area contributed by atoms with E-state index >= 15 is 0 Å². The molecule has 0 radical (unpaired) electrons. The summed E-state index contributed by atoms with van der Waals surface area (Å²) >= 11 is 0. The number of benzene rings is 1. The van der Waals surface area contributed by atoms with Gasteiger partial charge in [0.25, 0.3) is 0 Å². The van der Waals surface area contributed by atoms with Crippen molar-refractivity contribution in [1.29, 1.82) is 0 Å². The van der Waals surface area contributed by atoms with Gasteiger partial charge in [0.15, 0.2) is 6.23 Å². The van der Waals surface area contributed by atoms with Crippen LogP contribution in [-0.4, -0.2) is 80.2 Å². The monoisotopic (exact) mass is 638 g/mol. The van der Waals surface area contributed by atoms with Crippen molar-refractivity contribution >= 4 is 16.0 Å². The Morgan fingerprint density at radius 1 is 1.14 bits per heavy atom. The van der Waals surface area contributed by atoms with Crippen LogP contribution in [-0.2, 0) is 29.4 Å². The first kappa shape index (κ1) is 35.5. The number of hydrogen-bond donors (Lipinski definition) is 3. The molecule has 1 heterocycles. The molecule has 14 heteroatoms. The van der Waals surface area contributed by atoms with Crippen molar-refractivity contribution in [2.24, 2.45) is 23.0 Å². The van der Waals surface area contributed by atoms with E-state index in [4.69, 9.17) is 19.4 Å². The van der Waals surface area contributed by atoms with Crippen LogP contribution >= 0.6 is 0 Å². The number of piperidine rings is 1. The number of unbranched alkanes of at least 4 members (excludes halogenated alkanes) is 1. The smallest absolute Gasteiger partial charge is 0.493 e. The third-order valence-electron chi connectivity index (χ3n) is 8.07. The fraction of sp³-hybridized carbons (Fsp3) is 0.759. The molecule has 1 aromatic carbocycles. The highest BCUT2D eigenvalue weighted by Crippen LogP contribution is 2.48. The Kier molecular flexibility index (Phi) is 11.5. The van der Waals surface area contributed by atoms with Gasteiger partial charge in [-0.1, -0.05) is 39.0 Å².